The quantitative estimate of drug-likeness (QED) is 0.275. The molecule has 3 aromatic rings. The standard InChI is InChI=1S/C18H6Cl9P/c19-7-1-10(22)16(11(23)2-7)28(17-12(24)3-8(20)4-13(17)25)18-14(26)5-9(21)6-15(18)27/h1-6H. The van der Waals surface area contributed by atoms with Crippen molar-refractivity contribution < 1.29 is 0 Å². The van der Waals surface area contributed by atoms with Crippen molar-refractivity contribution >= 4 is 128 Å². The summed E-state index contributed by atoms with van der Waals surface area (Å²) in [5.74, 6) is 0. The molecule has 0 saturated heterocycles. The largest absolute Gasteiger partial charge is 0.0842 e. The average Bonchev–Trinajstić information content (AvgIpc) is 2.51. The van der Waals surface area contributed by atoms with Gasteiger partial charge in [-0.1, -0.05) is 104 Å². The highest BCUT2D eigenvalue weighted by Gasteiger charge is 2.30. The van der Waals surface area contributed by atoms with Crippen LogP contribution in [0.5, 0.6) is 0 Å². The molecular weight excluding hydrogens is 566 g/mol. The van der Waals surface area contributed by atoms with Gasteiger partial charge in [-0.15, -0.1) is 0 Å². The molecule has 0 heterocycles. The predicted molar refractivity (Wildman–Crippen MR) is 130 cm³/mol. The summed E-state index contributed by atoms with van der Waals surface area (Å²) in [6.07, 6.45) is 0. The summed E-state index contributed by atoms with van der Waals surface area (Å²) in [7, 11) is -1.58. The molecule has 0 N–H and O–H groups in total. The van der Waals surface area contributed by atoms with E-state index in [0.717, 1.165) is 0 Å². The van der Waals surface area contributed by atoms with Crippen molar-refractivity contribution in [2.45, 2.75) is 0 Å². The molecule has 0 nitrogen and oxygen atoms in total. The van der Waals surface area contributed by atoms with Crippen molar-refractivity contribution in [2.75, 3.05) is 0 Å². The van der Waals surface area contributed by atoms with Crippen molar-refractivity contribution in [2.24, 2.45) is 0 Å². The lowest BCUT2D eigenvalue weighted by molar-refractivity contribution is 1.72. The zero-order valence-corrected chi connectivity index (χ0v) is 21.0. The van der Waals surface area contributed by atoms with E-state index in [1.54, 1.807) is 36.4 Å². The highest BCUT2D eigenvalue weighted by Crippen LogP contribution is 2.47. The van der Waals surface area contributed by atoms with Gasteiger partial charge < -0.3 is 0 Å². The molecule has 28 heavy (non-hydrogen) atoms. The molecule has 3 aromatic carbocycles. The van der Waals surface area contributed by atoms with Crippen LogP contribution in [0.1, 0.15) is 0 Å². The van der Waals surface area contributed by atoms with Gasteiger partial charge in [-0.3, -0.25) is 0 Å². The first kappa shape index (κ1) is 23.4. The molecular formula is C18H6Cl9P. The fourth-order valence-electron chi connectivity index (χ4n) is 2.58. The minimum Gasteiger partial charge on any atom is -0.0842 e. The lowest BCUT2D eigenvalue weighted by Gasteiger charge is -2.26. The first-order chi connectivity index (χ1) is 13.1. The molecule has 0 saturated carbocycles. The Morgan fingerprint density at radius 1 is 0.357 bits per heavy atom. The van der Waals surface area contributed by atoms with Gasteiger partial charge in [0.05, 0.1) is 30.1 Å². The third-order valence-corrected chi connectivity index (χ3v) is 9.64. The number of benzene rings is 3. The zero-order valence-electron chi connectivity index (χ0n) is 13.3. The number of rotatable bonds is 3. The van der Waals surface area contributed by atoms with Gasteiger partial charge in [0.15, 0.2) is 0 Å². The maximum atomic E-state index is 6.52. The molecule has 0 radical (unpaired) electrons. The van der Waals surface area contributed by atoms with Gasteiger partial charge in [0.2, 0.25) is 0 Å². The van der Waals surface area contributed by atoms with E-state index in [1.165, 1.54) is 0 Å². The molecule has 0 amide bonds. The van der Waals surface area contributed by atoms with Crippen molar-refractivity contribution in [3.63, 3.8) is 0 Å². The smallest absolute Gasteiger partial charge is 0.0519 e. The summed E-state index contributed by atoms with van der Waals surface area (Å²) in [5, 5.41) is 4.78. The maximum Gasteiger partial charge on any atom is 0.0519 e. The highest BCUT2D eigenvalue weighted by atomic mass is 35.5. The molecule has 0 bridgehead atoms. The van der Waals surface area contributed by atoms with E-state index in [0.29, 0.717) is 61.1 Å². The van der Waals surface area contributed by atoms with Gasteiger partial charge >= 0.3 is 0 Å². The van der Waals surface area contributed by atoms with E-state index in [2.05, 4.69) is 0 Å². The Morgan fingerprint density at radius 3 is 0.714 bits per heavy atom. The van der Waals surface area contributed by atoms with Crippen molar-refractivity contribution in [3.8, 4) is 0 Å². The van der Waals surface area contributed by atoms with E-state index >= 15 is 0 Å². The Kier molecular flexibility index (Phi) is 7.89. The zero-order chi connectivity index (χ0) is 20.7. The first-order valence-electron chi connectivity index (χ1n) is 7.34. The van der Waals surface area contributed by atoms with Crippen molar-refractivity contribution in [1.29, 1.82) is 0 Å². The third kappa shape index (κ3) is 4.79. The summed E-state index contributed by atoms with van der Waals surface area (Å²) < 4.78 is 0. The molecule has 3 rings (SSSR count). The van der Waals surface area contributed by atoms with Crippen LogP contribution in [0.4, 0.5) is 0 Å². The fraction of sp³-hybridized carbons (Fsp3) is 0. The Bertz CT molecular complexity index is 875. The van der Waals surface area contributed by atoms with Crippen molar-refractivity contribution in [1.82, 2.24) is 0 Å². The third-order valence-electron chi connectivity index (χ3n) is 3.62. The molecule has 0 fully saturated rings. The molecule has 0 aliphatic heterocycles. The van der Waals surface area contributed by atoms with Crippen LogP contribution in [0.25, 0.3) is 0 Å². The monoisotopic (exact) mass is 568 g/mol. The van der Waals surface area contributed by atoms with Crippen LogP contribution >= 0.6 is 112 Å². The minimum absolute atomic E-state index is 0.327. The Balaban J connectivity index is 2.45. The van der Waals surface area contributed by atoms with Gasteiger partial charge in [-0.25, -0.2) is 0 Å². The molecule has 0 atom stereocenters. The second kappa shape index (κ2) is 9.46. The van der Waals surface area contributed by atoms with E-state index < -0.39 is 7.92 Å². The molecule has 0 aliphatic carbocycles. The first-order valence-corrected chi connectivity index (χ1v) is 12.1. The van der Waals surface area contributed by atoms with Crippen LogP contribution in [0, 0.1) is 0 Å². The van der Waals surface area contributed by atoms with Gasteiger partial charge in [0, 0.05) is 31.0 Å². The molecule has 0 unspecified atom stereocenters. The molecule has 10 heteroatoms. The fourth-order valence-corrected chi connectivity index (χ4v) is 8.89. The second-order valence-corrected chi connectivity index (χ2v) is 11.3. The lowest BCUT2D eigenvalue weighted by atomic mass is 10.3. The summed E-state index contributed by atoms with van der Waals surface area (Å²) >= 11 is 57.4. The highest BCUT2D eigenvalue weighted by molar-refractivity contribution is 7.81. The van der Waals surface area contributed by atoms with Crippen LogP contribution in [-0.2, 0) is 0 Å². The van der Waals surface area contributed by atoms with E-state index in [4.69, 9.17) is 104 Å². The summed E-state index contributed by atoms with van der Waals surface area (Å²) in [6.45, 7) is 0. The van der Waals surface area contributed by atoms with Gasteiger partial charge in [-0.05, 0) is 44.3 Å². The molecule has 0 aliphatic rings. The van der Waals surface area contributed by atoms with Crippen LogP contribution in [0.15, 0.2) is 36.4 Å². The second-order valence-electron chi connectivity index (χ2n) is 5.49. The number of hydrogen-bond acceptors (Lipinski definition) is 0. The SMILES string of the molecule is Clc1cc(Cl)c(P(c2c(Cl)cc(Cl)cc2Cl)c2c(Cl)cc(Cl)cc2Cl)c(Cl)c1. The summed E-state index contributed by atoms with van der Waals surface area (Å²) in [4.78, 5) is 0. The van der Waals surface area contributed by atoms with Crippen LogP contribution in [0.3, 0.4) is 0 Å². The number of halogens is 9. The summed E-state index contributed by atoms with van der Waals surface area (Å²) in [5.41, 5.74) is 0. The normalized spacial score (nSPS) is 11.4. The topological polar surface area (TPSA) is 0 Å². The summed E-state index contributed by atoms with van der Waals surface area (Å²) in [6, 6.07) is 9.47. The Morgan fingerprint density at radius 2 is 0.536 bits per heavy atom. The minimum atomic E-state index is -1.58. The van der Waals surface area contributed by atoms with Gasteiger partial charge in [0.1, 0.15) is 0 Å². The van der Waals surface area contributed by atoms with Crippen LogP contribution in [0.2, 0.25) is 45.2 Å². The Labute approximate surface area is 208 Å². The number of hydrogen-bond donors (Lipinski definition) is 0. The van der Waals surface area contributed by atoms with Crippen molar-refractivity contribution in [3.05, 3.63) is 81.6 Å². The van der Waals surface area contributed by atoms with Gasteiger partial charge in [-0.2, -0.15) is 0 Å². The average molecular weight is 572 g/mol. The molecule has 0 spiro atoms. The maximum absolute atomic E-state index is 6.52. The molecule has 0 aromatic heterocycles. The van der Waals surface area contributed by atoms with Gasteiger partial charge in [0.25, 0.3) is 0 Å². The van der Waals surface area contributed by atoms with E-state index in [-0.39, 0.29) is 0 Å². The van der Waals surface area contributed by atoms with Crippen LogP contribution in [-0.4, -0.2) is 0 Å². The predicted octanol–water partition coefficient (Wildman–Crippen LogP) is 9.33. The lowest BCUT2D eigenvalue weighted by Crippen LogP contribution is -2.25. The Hall–Kier alpha value is 0.700. The van der Waals surface area contributed by atoms with E-state index in [1.807, 2.05) is 0 Å². The molecule has 146 valence electrons. The van der Waals surface area contributed by atoms with E-state index in [9.17, 15) is 0 Å². The van der Waals surface area contributed by atoms with Crippen LogP contribution < -0.4 is 15.9 Å².